The maximum atomic E-state index is 13.0. The highest BCUT2D eigenvalue weighted by molar-refractivity contribution is 5.79. The SMILES string of the molecule is CNCC1CCCN1C(=O)Cc1ccn(-c2ccc(F)cc2)n1. The van der Waals surface area contributed by atoms with Crippen molar-refractivity contribution in [2.45, 2.75) is 25.3 Å². The summed E-state index contributed by atoms with van der Waals surface area (Å²) in [6.45, 7) is 1.65. The minimum atomic E-state index is -0.277. The number of halogens is 1. The molecule has 122 valence electrons. The summed E-state index contributed by atoms with van der Waals surface area (Å²) in [6.07, 6.45) is 4.21. The lowest BCUT2D eigenvalue weighted by molar-refractivity contribution is -0.131. The molecular formula is C17H21FN4O. The molecule has 1 aliphatic heterocycles. The highest BCUT2D eigenvalue weighted by atomic mass is 19.1. The van der Waals surface area contributed by atoms with Gasteiger partial charge in [0.15, 0.2) is 0 Å². The van der Waals surface area contributed by atoms with Gasteiger partial charge in [-0.2, -0.15) is 5.10 Å². The first-order valence-electron chi connectivity index (χ1n) is 7.92. The second-order valence-corrected chi connectivity index (χ2v) is 5.85. The Kier molecular flexibility index (Phi) is 4.71. The van der Waals surface area contributed by atoms with Crippen molar-refractivity contribution < 1.29 is 9.18 Å². The Bertz CT molecular complexity index is 667. The van der Waals surface area contributed by atoms with E-state index in [4.69, 9.17) is 0 Å². The van der Waals surface area contributed by atoms with Gasteiger partial charge in [0.2, 0.25) is 5.91 Å². The van der Waals surface area contributed by atoms with Crippen LogP contribution in [0.5, 0.6) is 0 Å². The fraction of sp³-hybridized carbons (Fsp3) is 0.412. The summed E-state index contributed by atoms with van der Waals surface area (Å²) in [5.41, 5.74) is 1.51. The summed E-state index contributed by atoms with van der Waals surface area (Å²) in [7, 11) is 1.91. The van der Waals surface area contributed by atoms with E-state index in [2.05, 4.69) is 10.4 Å². The average molecular weight is 316 g/mol. The molecule has 1 aromatic heterocycles. The Morgan fingerprint density at radius 2 is 2.13 bits per heavy atom. The van der Waals surface area contributed by atoms with E-state index in [0.29, 0.717) is 6.42 Å². The molecule has 1 atom stereocenters. The van der Waals surface area contributed by atoms with Crippen LogP contribution in [0.4, 0.5) is 4.39 Å². The Labute approximate surface area is 135 Å². The topological polar surface area (TPSA) is 50.2 Å². The minimum absolute atomic E-state index is 0.118. The standard InChI is InChI=1S/C17H21FN4O/c1-19-12-16-3-2-9-21(16)17(23)11-14-8-10-22(20-14)15-6-4-13(18)5-7-15/h4-8,10,16,19H,2-3,9,11-12H2,1H3. The van der Waals surface area contributed by atoms with Gasteiger partial charge in [-0.3, -0.25) is 4.79 Å². The normalized spacial score (nSPS) is 17.7. The van der Waals surface area contributed by atoms with Gasteiger partial charge < -0.3 is 10.2 Å². The van der Waals surface area contributed by atoms with Gasteiger partial charge in [0, 0.05) is 25.3 Å². The monoisotopic (exact) mass is 316 g/mol. The first kappa shape index (κ1) is 15.7. The van der Waals surface area contributed by atoms with Crippen LogP contribution in [0.3, 0.4) is 0 Å². The van der Waals surface area contributed by atoms with Crippen molar-refractivity contribution in [3.63, 3.8) is 0 Å². The number of hydrogen-bond acceptors (Lipinski definition) is 3. The number of amides is 1. The Morgan fingerprint density at radius 1 is 1.35 bits per heavy atom. The second-order valence-electron chi connectivity index (χ2n) is 5.85. The van der Waals surface area contributed by atoms with E-state index in [1.54, 1.807) is 23.0 Å². The molecule has 0 spiro atoms. The number of nitrogens with zero attached hydrogens (tertiary/aromatic N) is 3. The summed E-state index contributed by atoms with van der Waals surface area (Å²) in [5.74, 6) is -0.159. The number of hydrogen-bond donors (Lipinski definition) is 1. The molecule has 6 heteroatoms. The Morgan fingerprint density at radius 3 is 2.87 bits per heavy atom. The average Bonchev–Trinajstić information content (AvgIpc) is 3.18. The van der Waals surface area contributed by atoms with Gasteiger partial charge in [-0.15, -0.1) is 0 Å². The highest BCUT2D eigenvalue weighted by Crippen LogP contribution is 2.18. The Hall–Kier alpha value is -2.21. The molecule has 1 aromatic carbocycles. The minimum Gasteiger partial charge on any atom is -0.338 e. The highest BCUT2D eigenvalue weighted by Gasteiger charge is 2.28. The molecule has 23 heavy (non-hydrogen) atoms. The van der Waals surface area contributed by atoms with Gasteiger partial charge in [0.1, 0.15) is 5.82 Å². The number of benzene rings is 1. The molecule has 1 N–H and O–H groups in total. The zero-order valence-electron chi connectivity index (χ0n) is 13.2. The summed E-state index contributed by atoms with van der Waals surface area (Å²) in [4.78, 5) is 14.4. The number of rotatable bonds is 5. The number of aromatic nitrogens is 2. The third kappa shape index (κ3) is 3.59. The van der Waals surface area contributed by atoms with Crippen LogP contribution in [0, 0.1) is 5.82 Å². The number of carbonyl (C=O) groups is 1. The molecule has 0 bridgehead atoms. The maximum absolute atomic E-state index is 13.0. The fourth-order valence-corrected chi connectivity index (χ4v) is 3.06. The largest absolute Gasteiger partial charge is 0.338 e. The molecule has 1 unspecified atom stereocenters. The molecule has 0 aliphatic carbocycles. The molecule has 1 fully saturated rings. The quantitative estimate of drug-likeness (QED) is 0.914. The van der Waals surface area contributed by atoms with E-state index in [1.165, 1.54) is 12.1 Å². The van der Waals surface area contributed by atoms with Gasteiger partial charge in [0.05, 0.1) is 17.8 Å². The lowest BCUT2D eigenvalue weighted by Gasteiger charge is -2.24. The smallest absolute Gasteiger partial charge is 0.228 e. The summed E-state index contributed by atoms with van der Waals surface area (Å²) < 4.78 is 14.6. The number of carbonyl (C=O) groups excluding carboxylic acids is 1. The fourth-order valence-electron chi connectivity index (χ4n) is 3.06. The van der Waals surface area contributed by atoms with E-state index in [9.17, 15) is 9.18 Å². The van der Waals surface area contributed by atoms with E-state index >= 15 is 0 Å². The Balaban J connectivity index is 1.66. The predicted molar refractivity (Wildman–Crippen MR) is 85.9 cm³/mol. The van der Waals surface area contributed by atoms with Crippen molar-refractivity contribution in [2.75, 3.05) is 20.1 Å². The first-order valence-corrected chi connectivity index (χ1v) is 7.92. The van der Waals surface area contributed by atoms with Gasteiger partial charge in [-0.05, 0) is 50.2 Å². The van der Waals surface area contributed by atoms with Crippen molar-refractivity contribution in [1.82, 2.24) is 20.0 Å². The molecule has 1 aliphatic rings. The molecular weight excluding hydrogens is 295 g/mol. The van der Waals surface area contributed by atoms with E-state index in [1.807, 2.05) is 18.0 Å². The van der Waals surface area contributed by atoms with Crippen LogP contribution in [0.1, 0.15) is 18.5 Å². The van der Waals surface area contributed by atoms with Crippen molar-refractivity contribution >= 4 is 5.91 Å². The zero-order valence-corrected chi connectivity index (χ0v) is 13.2. The molecule has 1 saturated heterocycles. The van der Waals surface area contributed by atoms with Crippen LogP contribution in [0.2, 0.25) is 0 Å². The summed E-state index contributed by atoms with van der Waals surface area (Å²) in [6, 6.07) is 8.24. The lowest BCUT2D eigenvalue weighted by Crippen LogP contribution is -2.41. The van der Waals surface area contributed by atoms with E-state index in [0.717, 1.165) is 37.3 Å². The van der Waals surface area contributed by atoms with Crippen molar-refractivity contribution in [1.29, 1.82) is 0 Å². The van der Waals surface area contributed by atoms with Crippen LogP contribution >= 0.6 is 0 Å². The molecule has 0 saturated carbocycles. The first-order chi connectivity index (χ1) is 11.2. The molecule has 2 heterocycles. The maximum Gasteiger partial charge on any atom is 0.228 e. The van der Waals surface area contributed by atoms with E-state index in [-0.39, 0.29) is 17.8 Å². The van der Waals surface area contributed by atoms with Crippen LogP contribution in [0.25, 0.3) is 5.69 Å². The number of nitrogens with one attached hydrogen (secondary N) is 1. The van der Waals surface area contributed by atoms with Crippen LogP contribution in [-0.2, 0) is 11.2 Å². The molecule has 2 aromatic rings. The summed E-state index contributed by atoms with van der Waals surface area (Å²) >= 11 is 0. The van der Waals surface area contributed by atoms with Crippen LogP contribution in [-0.4, -0.2) is 46.8 Å². The van der Waals surface area contributed by atoms with Gasteiger partial charge >= 0.3 is 0 Å². The second kappa shape index (κ2) is 6.91. The number of likely N-dealkylation sites (tertiary alicyclic amines) is 1. The molecule has 3 rings (SSSR count). The van der Waals surface area contributed by atoms with Gasteiger partial charge in [-0.25, -0.2) is 9.07 Å². The van der Waals surface area contributed by atoms with Crippen molar-refractivity contribution in [3.8, 4) is 5.69 Å². The van der Waals surface area contributed by atoms with Crippen LogP contribution in [0.15, 0.2) is 36.5 Å². The van der Waals surface area contributed by atoms with Gasteiger partial charge in [0.25, 0.3) is 0 Å². The third-order valence-electron chi connectivity index (χ3n) is 4.21. The molecule has 0 radical (unpaired) electrons. The van der Waals surface area contributed by atoms with Crippen molar-refractivity contribution in [3.05, 3.63) is 48.0 Å². The molecule has 1 amide bonds. The molecule has 5 nitrogen and oxygen atoms in total. The predicted octanol–water partition coefficient (Wildman–Crippen LogP) is 1.76. The van der Waals surface area contributed by atoms with Crippen molar-refractivity contribution in [2.24, 2.45) is 0 Å². The summed E-state index contributed by atoms with van der Waals surface area (Å²) in [5, 5.41) is 7.57. The van der Waals surface area contributed by atoms with Gasteiger partial charge in [-0.1, -0.05) is 0 Å². The van der Waals surface area contributed by atoms with Crippen LogP contribution < -0.4 is 5.32 Å². The lowest BCUT2D eigenvalue weighted by atomic mass is 10.2. The number of likely N-dealkylation sites (N-methyl/N-ethyl adjacent to an activating group) is 1. The third-order valence-corrected chi connectivity index (χ3v) is 4.21. The van der Waals surface area contributed by atoms with E-state index < -0.39 is 0 Å². The zero-order chi connectivity index (χ0) is 16.2.